The minimum Gasteiger partial charge on any atom is -0.331 e. The summed E-state index contributed by atoms with van der Waals surface area (Å²) in [6.07, 6.45) is 3.66. The van der Waals surface area contributed by atoms with Crippen molar-refractivity contribution in [3.05, 3.63) is 101 Å². The van der Waals surface area contributed by atoms with E-state index in [1.165, 1.54) is 5.56 Å². The molecule has 6 heteroatoms. The van der Waals surface area contributed by atoms with Crippen molar-refractivity contribution in [2.24, 2.45) is 5.10 Å². The zero-order valence-corrected chi connectivity index (χ0v) is 20.1. The lowest BCUT2D eigenvalue weighted by Gasteiger charge is -2.12. The fourth-order valence-corrected chi connectivity index (χ4v) is 4.29. The Morgan fingerprint density at radius 1 is 0.941 bits per heavy atom. The Hall–Kier alpha value is -4.03. The van der Waals surface area contributed by atoms with Gasteiger partial charge in [-0.25, -0.2) is 4.98 Å². The van der Waals surface area contributed by atoms with Gasteiger partial charge in [-0.2, -0.15) is 5.10 Å². The first kappa shape index (κ1) is 21.8. The number of nitrogens with one attached hydrogen (secondary N) is 2. The summed E-state index contributed by atoms with van der Waals surface area (Å²) in [5, 5.41) is 10.2. The molecule has 0 unspecified atom stereocenters. The smallest absolute Gasteiger partial charge is 0.191 e. The number of aryl methyl sites for hydroxylation is 3. The first-order valence-electron chi connectivity index (χ1n) is 11.1. The van der Waals surface area contributed by atoms with Gasteiger partial charge in [0.25, 0.3) is 0 Å². The topological polar surface area (TPSA) is 54.2 Å². The van der Waals surface area contributed by atoms with E-state index in [9.17, 15) is 0 Å². The lowest BCUT2D eigenvalue weighted by atomic mass is 10.1. The maximum atomic E-state index is 5.40. The second-order valence-electron chi connectivity index (χ2n) is 8.45. The summed E-state index contributed by atoms with van der Waals surface area (Å²) in [4.78, 5) is 4.71. The van der Waals surface area contributed by atoms with Crippen LogP contribution in [0.2, 0.25) is 0 Å². The molecule has 0 spiro atoms. The second kappa shape index (κ2) is 9.08. The number of benzene rings is 4. The lowest BCUT2D eigenvalue weighted by molar-refractivity contribution is 1.05. The summed E-state index contributed by atoms with van der Waals surface area (Å²) in [6.45, 7) is 6.20. The molecule has 0 saturated carbocycles. The highest BCUT2D eigenvalue weighted by Crippen LogP contribution is 2.27. The van der Waals surface area contributed by atoms with Crippen molar-refractivity contribution >= 4 is 51.0 Å². The number of hydrazone groups is 1. The van der Waals surface area contributed by atoms with Crippen LogP contribution in [-0.2, 0) is 0 Å². The molecule has 0 saturated heterocycles. The van der Waals surface area contributed by atoms with Crippen LogP contribution in [0, 0.1) is 20.8 Å². The Morgan fingerprint density at radius 2 is 1.71 bits per heavy atom. The van der Waals surface area contributed by atoms with Gasteiger partial charge in [-0.1, -0.05) is 54.1 Å². The van der Waals surface area contributed by atoms with E-state index in [4.69, 9.17) is 17.2 Å². The van der Waals surface area contributed by atoms with E-state index < -0.39 is 0 Å². The van der Waals surface area contributed by atoms with Crippen molar-refractivity contribution < 1.29 is 0 Å². The van der Waals surface area contributed by atoms with Gasteiger partial charge in [0.1, 0.15) is 6.33 Å². The summed E-state index contributed by atoms with van der Waals surface area (Å²) in [5.41, 5.74) is 11.6. The van der Waals surface area contributed by atoms with Crippen molar-refractivity contribution in [2.75, 3.05) is 5.32 Å². The number of fused-ring (bicyclic) bond motifs is 3. The Bertz CT molecular complexity index is 1530. The molecular weight excluding hydrogens is 438 g/mol. The fourth-order valence-electron chi connectivity index (χ4n) is 4.14. The standard InChI is InChI=1S/C28H25N5S/c1-18-7-11-23(12-8-18)33-17-29-27-24-13-9-21(15-22(24)10-14-25(27)33)16-30-32-28(34)31-26-19(2)5-4-6-20(26)3/h4-17H,1-3H3,(H2,31,32,34). The molecule has 5 rings (SSSR count). The Balaban J connectivity index is 1.35. The van der Waals surface area contributed by atoms with E-state index in [-0.39, 0.29) is 0 Å². The van der Waals surface area contributed by atoms with Crippen molar-refractivity contribution in [3.63, 3.8) is 0 Å². The van der Waals surface area contributed by atoms with Crippen molar-refractivity contribution in [2.45, 2.75) is 20.8 Å². The van der Waals surface area contributed by atoms with Gasteiger partial charge in [-0.3, -0.25) is 9.99 Å². The van der Waals surface area contributed by atoms with E-state index in [0.29, 0.717) is 5.11 Å². The first-order chi connectivity index (χ1) is 16.5. The number of thiocarbonyl (C=S) groups is 1. The first-order valence-corrected chi connectivity index (χ1v) is 11.5. The number of hydrogen-bond donors (Lipinski definition) is 2. The quantitative estimate of drug-likeness (QED) is 0.183. The highest BCUT2D eigenvalue weighted by molar-refractivity contribution is 7.80. The number of para-hydroxylation sites is 1. The molecule has 5 nitrogen and oxygen atoms in total. The van der Waals surface area contributed by atoms with Crippen LogP contribution in [0.5, 0.6) is 0 Å². The third-order valence-corrected chi connectivity index (χ3v) is 6.16. The Kier molecular flexibility index (Phi) is 5.82. The molecule has 4 aromatic carbocycles. The van der Waals surface area contributed by atoms with Gasteiger partial charge >= 0.3 is 0 Å². The van der Waals surface area contributed by atoms with Crippen LogP contribution < -0.4 is 10.7 Å². The average Bonchev–Trinajstić information content (AvgIpc) is 3.26. The molecule has 0 amide bonds. The normalized spacial score (nSPS) is 11.4. The predicted molar refractivity (Wildman–Crippen MR) is 146 cm³/mol. The van der Waals surface area contributed by atoms with Crippen LogP contribution in [0.1, 0.15) is 22.3 Å². The van der Waals surface area contributed by atoms with Crippen molar-refractivity contribution in [1.82, 2.24) is 15.0 Å². The molecular formula is C28H25N5S. The zero-order chi connectivity index (χ0) is 23.7. The Morgan fingerprint density at radius 3 is 2.47 bits per heavy atom. The van der Waals surface area contributed by atoms with E-state index in [1.807, 2.05) is 18.5 Å². The number of imidazole rings is 1. The summed E-state index contributed by atoms with van der Waals surface area (Å²) >= 11 is 5.40. The third-order valence-electron chi connectivity index (χ3n) is 5.97. The van der Waals surface area contributed by atoms with Gasteiger partial charge in [0.2, 0.25) is 0 Å². The molecule has 0 aliphatic rings. The van der Waals surface area contributed by atoms with Crippen LogP contribution in [0.3, 0.4) is 0 Å². The zero-order valence-electron chi connectivity index (χ0n) is 19.3. The second-order valence-corrected chi connectivity index (χ2v) is 8.86. The summed E-state index contributed by atoms with van der Waals surface area (Å²) in [5.74, 6) is 0. The number of anilines is 1. The van der Waals surface area contributed by atoms with Gasteiger partial charge in [0, 0.05) is 16.8 Å². The molecule has 0 aliphatic carbocycles. The molecule has 0 aliphatic heterocycles. The van der Waals surface area contributed by atoms with Crippen LogP contribution in [0.4, 0.5) is 5.69 Å². The molecule has 2 N–H and O–H groups in total. The number of nitrogens with zero attached hydrogens (tertiary/aromatic N) is 3. The van der Waals surface area contributed by atoms with E-state index in [2.05, 4.69) is 102 Å². The number of aromatic nitrogens is 2. The average molecular weight is 464 g/mol. The molecule has 0 radical (unpaired) electrons. The molecule has 1 heterocycles. The summed E-state index contributed by atoms with van der Waals surface area (Å²) < 4.78 is 2.12. The van der Waals surface area contributed by atoms with E-state index in [0.717, 1.165) is 49.9 Å². The summed E-state index contributed by atoms with van der Waals surface area (Å²) in [6, 6.07) is 25.1. The SMILES string of the molecule is Cc1ccc(-n2cnc3c4ccc(C=NNC(=S)Nc5c(C)cccc5C)cc4ccc32)cc1. The number of rotatable bonds is 4. The van der Waals surface area contributed by atoms with Crippen molar-refractivity contribution in [3.8, 4) is 5.69 Å². The highest BCUT2D eigenvalue weighted by Gasteiger charge is 2.09. The van der Waals surface area contributed by atoms with Crippen LogP contribution >= 0.6 is 12.2 Å². The molecule has 0 fully saturated rings. The largest absolute Gasteiger partial charge is 0.331 e. The third kappa shape index (κ3) is 4.28. The molecule has 0 bridgehead atoms. The van der Waals surface area contributed by atoms with Crippen molar-refractivity contribution in [1.29, 1.82) is 0 Å². The minimum absolute atomic E-state index is 0.456. The number of hydrogen-bond acceptors (Lipinski definition) is 3. The maximum Gasteiger partial charge on any atom is 0.191 e. The summed E-state index contributed by atoms with van der Waals surface area (Å²) in [7, 11) is 0. The molecule has 1 aromatic heterocycles. The van der Waals surface area contributed by atoms with E-state index in [1.54, 1.807) is 6.21 Å². The maximum absolute atomic E-state index is 5.40. The Labute approximate surface area is 204 Å². The fraction of sp³-hybridized carbons (Fsp3) is 0.107. The monoisotopic (exact) mass is 463 g/mol. The van der Waals surface area contributed by atoms with Gasteiger partial charge < -0.3 is 5.32 Å². The van der Waals surface area contributed by atoms with Crippen LogP contribution in [-0.4, -0.2) is 20.9 Å². The molecule has 5 aromatic rings. The highest BCUT2D eigenvalue weighted by atomic mass is 32.1. The molecule has 168 valence electrons. The molecule has 34 heavy (non-hydrogen) atoms. The van der Waals surface area contributed by atoms with Gasteiger partial charge in [0.05, 0.1) is 17.2 Å². The minimum atomic E-state index is 0.456. The van der Waals surface area contributed by atoms with Gasteiger partial charge in [-0.05, 0) is 79.3 Å². The molecule has 0 atom stereocenters. The van der Waals surface area contributed by atoms with Gasteiger partial charge in [-0.15, -0.1) is 0 Å². The predicted octanol–water partition coefficient (Wildman–Crippen LogP) is 6.42. The van der Waals surface area contributed by atoms with E-state index >= 15 is 0 Å². The lowest BCUT2D eigenvalue weighted by Crippen LogP contribution is -2.24. The van der Waals surface area contributed by atoms with Gasteiger partial charge in [0.15, 0.2) is 5.11 Å². The van der Waals surface area contributed by atoms with Crippen LogP contribution in [0.15, 0.2) is 84.2 Å². The van der Waals surface area contributed by atoms with Crippen LogP contribution in [0.25, 0.3) is 27.5 Å².